The van der Waals surface area contributed by atoms with Crippen LogP contribution in [-0.2, 0) is 22.6 Å². The molecule has 0 amide bonds. The summed E-state index contributed by atoms with van der Waals surface area (Å²) >= 11 is 11.4. The molecule has 0 aliphatic heterocycles. The zero-order valence-electron chi connectivity index (χ0n) is 21.0. The third kappa shape index (κ3) is 9.38. The Bertz CT molecular complexity index is 946. The average molecular weight is 565 g/mol. The average Bonchev–Trinajstić information content (AvgIpc) is 2.89. The summed E-state index contributed by atoms with van der Waals surface area (Å²) in [4.78, 5) is 27.9. The van der Waals surface area contributed by atoms with Gasteiger partial charge in [-0.1, -0.05) is 48.7 Å². The molecule has 0 aromatic heterocycles. The van der Waals surface area contributed by atoms with Gasteiger partial charge < -0.3 is 19.3 Å². The first-order chi connectivity index (χ1) is 17.3. The number of esters is 2. The molecule has 0 bridgehead atoms. The SMILES string of the molecule is CCOC(=O)c1ccc(CN(CC)C(=S)SSC(=S)N(CC)Cc2ccc(C(=O)OCC)cc2)cc1. The van der Waals surface area contributed by atoms with E-state index in [-0.39, 0.29) is 11.9 Å². The molecule has 0 radical (unpaired) electrons. The molecule has 0 aliphatic carbocycles. The van der Waals surface area contributed by atoms with E-state index in [1.165, 1.54) is 21.6 Å². The first-order valence-electron chi connectivity index (χ1n) is 11.8. The molecule has 2 aromatic rings. The maximum absolute atomic E-state index is 11.9. The summed E-state index contributed by atoms with van der Waals surface area (Å²) in [6.45, 7) is 11.2. The quantitative estimate of drug-likeness (QED) is 0.186. The molecule has 2 aromatic carbocycles. The fourth-order valence-corrected chi connectivity index (χ4v) is 5.95. The number of carbonyl (C=O) groups excluding carboxylic acids is 2. The van der Waals surface area contributed by atoms with Gasteiger partial charge in [-0.15, -0.1) is 0 Å². The highest BCUT2D eigenvalue weighted by molar-refractivity contribution is 8.89. The van der Waals surface area contributed by atoms with Gasteiger partial charge in [0.05, 0.1) is 24.3 Å². The number of hydrogen-bond acceptors (Lipinski definition) is 8. The molecule has 2 rings (SSSR count). The topological polar surface area (TPSA) is 59.1 Å². The van der Waals surface area contributed by atoms with E-state index in [1.54, 1.807) is 38.1 Å². The Morgan fingerprint density at radius 2 is 1.00 bits per heavy atom. The van der Waals surface area contributed by atoms with Crippen molar-refractivity contribution in [2.24, 2.45) is 0 Å². The lowest BCUT2D eigenvalue weighted by molar-refractivity contribution is 0.0516. The van der Waals surface area contributed by atoms with E-state index in [0.29, 0.717) is 37.4 Å². The normalized spacial score (nSPS) is 10.4. The highest BCUT2D eigenvalue weighted by Gasteiger charge is 2.16. The lowest BCUT2D eigenvalue weighted by Crippen LogP contribution is -2.28. The zero-order chi connectivity index (χ0) is 26.5. The zero-order valence-corrected chi connectivity index (χ0v) is 24.3. The van der Waals surface area contributed by atoms with Crippen molar-refractivity contribution in [1.29, 1.82) is 0 Å². The van der Waals surface area contributed by atoms with Crippen molar-refractivity contribution in [3.63, 3.8) is 0 Å². The predicted molar refractivity (Wildman–Crippen MR) is 157 cm³/mol. The van der Waals surface area contributed by atoms with Crippen LogP contribution < -0.4 is 0 Å². The summed E-state index contributed by atoms with van der Waals surface area (Å²) in [5.74, 6) is -0.634. The Labute approximate surface area is 232 Å². The van der Waals surface area contributed by atoms with E-state index < -0.39 is 0 Å². The Hall–Kier alpha value is -2.14. The maximum Gasteiger partial charge on any atom is 0.338 e. The first-order valence-corrected chi connectivity index (χ1v) is 14.7. The van der Waals surface area contributed by atoms with Gasteiger partial charge >= 0.3 is 11.9 Å². The van der Waals surface area contributed by atoms with Crippen molar-refractivity contribution in [3.05, 3.63) is 70.8 Å². The fraction of sp³-hybridized carbons (Fsp3) is 0.385. The van der Waals surface area contributed by atoms with Gasteiger partial charge in [0.15, 0.2) is 0 Å². The van der Waals surface area contributed by atoms with E-state index in [2.05, 4.69) is 23.6 Å². The molecular weight excluding hydrogens is 533 g/mol. The second kappa shape index (κ2) is 15.9. The van der Waals surface area contributed by atoms with Gasteiger partial charge in [0.25, 0.3) is 0 Å². The van der Waals surface area contributed by atoms with Gasteiger partial charge in [0.2, 0.25) is 0 Å². The van der Waals surface area contributed by atoms with Crippen LogP contribution in [0.3, 0.4) is 0 Å². The summed E-state index contributed by atoms with van der Waals surface area (Å²) in [5.41, 5.74) is 3.19. The van der Waals surface area contributed by atoms with E-state index >= 15 is 0 Å². The Morgan fingerprint density at radius 3 is 1.28 bits per heavy atom. The number of carbonyl (C=O) groups is 2. The second-order valence-corrected chi connectivity index (χ2v) is 11.0. The van der Waals surface area contributed by atoms with E-state index in [4.69, 9.17) is 33.9 Å². The third-order valence-corrected chi connectivity index (χ3v) is 8.87. The van der Waals surface area contributed by atoms with Crippen LogP contribution in [0.5, 0.6) is 0 Å². The summed E-state index contributed by atoms with van der Waals surface area (Å²) in [7, 11) is 2.95. The molecule has 0 spiro atoms. The van der Waals surface area contributed by atoms with E-state index in [1.807, 2.05) is 24.3 Å². The molecule has 0 N–H and O–H groups in total. The van der Waals surface area contributed by atoms with Crippen molar-refractivity contribution in [3.8, 4) is 0 Å². The minimum Gasteiger partial charge on any atom is -0.462 e. The minimum atomic E-state index is -0.317. The molecular formula is C26H32N2O4S4. The lowest BCUT2D eigenvalue weighted by atomic mass is 10.1. The highest BCUT2D eigenvalue weighted by atomic mass is 33.1. The molecule has 0 aliphatic rings. The Balaban J connectivity index is 1.90. The molecule has 10 heteroatoms. The second-order valence-electron chi connectivity index (χ2n) is 7.56. The smallest absolute Gasteiger partial charge is 0.338 e. The van der Waals surface area contributed by atoms with Gasteiger partial charge in [-0.05, 0) is 84.7 Å². The summed E-state index contributed by atoms with van der Waals surface area (Å²) < 4.78 is 11.6. The van der Waals surface area contributed by atoms with Gasteiger partial charge in [-0.3, -0.25) is 0 Å². The fourth-order valence-electron chi connectivity index (χ4n) is 3.15. The van der Waals surface area contributed by atoms with Crippen LogP contribution >= 0.6 is 46.0 Å². The van der Waals surface area contributed by atoms with Gasteiger partial charge in [0, 0.05) is 26.2 Å². The van der Waals surface area contributed by atoms with Crippen LogP contribution in [0.4, 0.5) is 0 Å². The van der Waals surface area contributed by atoms with Crippen LogP contribution in [0, 0.1) is 0 Å². The highest BCUT2D eigenvalue weighted by Crippen LogP contribution is 2.29. The number of rotatable bonds is 10. The number of ether oxygens (including phenoxy) is 2. The molecule has 0 heterocycles. The summed E-state index contributed by atoms with van der Waals surface area (Å²) in [6, 6.07) is 14.8. The Kier molecular flexibility index (Phi) is 13.3. The minimum absolute atomic E-state index is 0.317. The van der Waals surface area contributed by atoms with Crippen LogP contribution in [0.1, 0.15) is 59.5 Å². The molecule has 0 atom stereocenters. The maximum atomic E-state index is 11.9. The number of thiocarbonyl (C=S) groups is 2. The molecule has 36 heavy (non-hydrogen) atoms. The predicted octanol–water partition coefficient (Wildman–Crippen LogP) is 6.34. The van der Waals surface area contributed by atoms with Gasteiger partial charge in [-0.25, -0.2) is 9.59 Å². The van der Waals surface area contributed by atoms with Gasteiger partial charge in [0.1, 0.15) is 8.64 Å². The third-order valence-electron chi connectivity index (χ3n) is 5.14. The molecule has 0 unspecified atom stereocenters. The molecule has 0 fully saturated rings. The number of hydrogen-bond donors (Lipinski definition) is 0. The summed E-state index contributed by atoms with van der Waals surface area (Å²) in [6.07, 6.45) is 0. The largest absolute Gasteiger partial charge is 0.462 e. The molecule has 6 nitrogen and oxygen atoms in total. The monoisotopic (exact) mass is 564 g/mol. The van der Waals surface area contributed by atoms with Crippen molar-refractivity contribution in [1.82, 2.24) is 9.80 Å². The Morgan fingerprint density at radius 1 is 0.667 bits per heavy atom. The number of nitrogens with zero attached hydrogens (tertiary/aromatic N) is 2. The van der Waals surface area contributed by atoms with Crippen molar-refractivity contribution >= 4 is 66.6 Å². The summed E-state index contributed by atoms with van der Waals surface area (Å²) in [5, 5.41) is 0. The van der Waals surface area contributed by atoms with Crippen LogP contribution in [-0.4, -0.2) is 56.7 Å². The molecule has 0 saturated heterocycles. The van der Waals surface area contributed by atoms with Crippen molar-refractivity contribution in [2.75, 3.05) is 26.3 Å². The van der Waals surface area contributed by atoms with Crippen LogP contribution in [0.25, 0.3) is 0 Å². The van der Waals surface area contributed by atoms with E-state index in [9.17, 15) is 9.59 Å². The van der Waals surface area contributed by atoms with E-state index in [0.717, 1.165) is 32.9 Å². The van der Waals surface area contributed by atoms with Crippen LogP contribution in [0.15, 0.2) is 48.5 Å². The van der Waals surface area contributed by atoms with Crippen molar-refractivity contribution in [2.45, 2.75) is 40.8 Å². The standard InChI is InChI=1S/C26H32N2O4S4/c1-5-27(17-19-9-13-21(14-10-19)23(29)31-7-3)25(33)35-36-26(34)28(6-2)18-20-11-15-22(16-12-20)24(30)32-8-4/h9-16H,5-8,17-18H2,1-4H3. The molecule has 194 valence electrons. The van der Waals surface area contributed by atoms with Crippen molar-refractivity contribution < 1.29 is 19.1 Å². The number of benzene rings is 2. The van der Waals surface area contributed by atoms with Crippen LogP contribution in [0.2, 0.25) is 0 Å². The van der Waals surface area contributed by atoms with Gasteiger partial charge in [-0.2, -0.15) is 0 Å². The lowest BCUT2D eigenvalue weighted by Gasteiger charge is -2.25. The first kappa shape index (κ1) is 30.1. The molecule has 0 saturated carbocycles.